The van der Waals surface area contributed by atoms with Crippen molar-refractivity contribution in [2.45, 2.75) is 27.2 Å². The number of nitrogens with two attached hydrogens (primary N) is 1. The molecule has 0 bridgehead atoms. The fourth-order valence-electron chi connectivity index (χ4n) is 0.954. The Hall–Kier alpha value is -1.62. The van der Waals surface area contributed by atoms with Gasteiger partial charge in [0.05, 0.1) is 12.7 Å². The molecule has 2 nitrogen and oxygen atoms in total. The van der Waals surface area contributed by atoms with E-state index in [4.69, 9.17) is 10.5 Å². The Morgan fingerprint density at radius 3 is 2.53 bits per heavy atom. The number of nitrogen functional groups attached to an aromatic ring is 1. The van der Waals surface area contributed by atoms with Crippen LogP contribution in [-0.2, 0) is 0 Å². The Morgan fingerprint density at radius 2 is 2.00 bits per heavy atom. The van der Waals surface area contributed by atoms with Gasteiger partial charge in [-0.3, -0.25) is 0 Å². The fraction of sp³-hybridized carbons (Fsp3) is 0.385. The zero-order valence-corrected chi connectivity index (χ0v) is 9.92. The summed E-state index contributed by atoms with van der Waals surface area (Å²) < 4.78 is 5.07. The number of methoxy groups -OCH3 is 1. The Morgan fingerprint density at radius 1 is 1.33 bits per heavy atom. The van der Waals surface area contributed by atoms with Crippen LogP contribution in [0.5, 0.6) is 5.75 Å². The first-order valence-corrected chi connectivity index (χ1v) is 5.20. The van der Waals surface area contributed by atoms with Gasteiger partial charge < -0.3 is 10.5 Å². The summed E-state index contributed by atoms with van der Waals surface area (Å²) in [6, 6.07) is 5.48. The summed E-state index contributed by atoms with van der Waals surface area (Å²) >= 11 is 0. The highest BCUT2D eigenvalue weighted by molar-refractivity contribution is 5.58. The van der Waals surface area contributed by atoms with E-state index in [2.05, 4.69) is 11.8 Å². The lowest BCUT2D eigenvalue weighted by Crippen LogP contribution is -1.91. The van der Waals surface area contributed by atoms with Gasteiger partial charge in [0, 0.05) is 12.1 Å². The van der Waals surface area contributed by atoms with E-state index >= 15 is 0 Å². The highest BCUT2D eigenvalue weighted by Crippen LogP contribution is 2.18. The van der Waals surface area contributed by atoms with Crippen LogP contribution in [0.1, 0.15) is 32.8 Å². The largest absolute Gasteiger partial charge is 0.497 e. The molecule has 0 heterocycles. The average Bonchev–Trinajstić information content (AvgIpc) is 2.31. The molecule has 1 aromatic rings. The first-order valence-electron chi connectivity index (χ1n) is 5.20. The second kappa shape index (κ2) is 7.75. The summed E-state index contributed by atoms with van der Waals surface area (Å²) in [7, 11) is 1.63. The van der Waals surface area contributed by atoms with E-state index in [1.807, 2.05) is 32.9 Å². The Kier molecular flexibility index (Phi) is 6.92. The van der Waals surface area contributed by atoms with Gasteiger partial charge in [0.25, 0.3) is 0 Å². The van der Waals surface area contributed by atoms with Crippen LogP contribution in [0.3, 0.4) is 0 Å². The lowest BCUT2D eigenvalue weighted by Gasteiger charge is -2.02. The van der Waals surface area contributed by atoms with Gasteiger partial charge in [0.1, 0.15) is 5.75 Å². The fourth-order valence-corrected chi connectivity index (χ4v) is 0.954. The molecule has 0 saturated heterocycles. The molecule has 0 atom stereocenters. The van der Waals surface area contributed by atoms with Gasteiger partial charge in [-0.05, 0) is 18.2 Å². The van der Waals surface area contributed by atoms with E-state index < -0.39 is 0 Å². The van der Waals surface area contributed by atoms with Crippen molar-refractivity contribution in [2.24, 2.45) is 0 Å². The lowest BCUT2D eigenvalue weighted by atomic mass is 10.1. The minimum Gasteiger partial charge on any atom is -0.497 e. The van der Waals surface area contributed by atoms with Crippen LogP contribution in [-0.4, -0.2) is 7.11 Å². The first-order chi connectivity index (χ1) is 7.27. The Balaban J connectivity index is 0.000000921. The SMILES string of the molecule is CC.CCC#Cc1cc(OC)ccc1N. The predicted octanol–water partition coefficient (Wildman–Crippen LogP) is 3.07. The number of ether oxygens (including phenoxy) is 1. The zero-order valence-electron chi connectivity index (χ0n) is 9.92. The summed E-state index contributed by atoms with van der Waals surface area (Å²) in [6.07, 6.45) is 0.830. The first kappa shape index (κ1) is 13.4. The summed E-state index contributed by atoms with van der Waals surface area (Å²) in [5.74, 6) is 6.74. The molecule has 1 rings (SSSR count). The molecule has 2 N–H and O–H groups in total. The summed E-state index contributed by atoms with van der Waals surface area (Å²) in [5, 5.41) is 0. The van der Waals surface area contributed by atoms with Gasteiger partial charge >= 0.3 is 0 Å². The normalized spacial score (nSPS) is 8.00. The second-order valence-electron chi connectivity index (χ2n) is 2.61. The minimum absolute atomic E-state index is 0.696. The monoisotopic (exact) mass is 205 g/mol. The summed E-state index contributed by atoms with van der Waals surface area (Å²) in [5.41, 5.74) is 7.26. The maximum Gasteiger partial charge on any atom is 0.120 e. The predicted molar refractivity (Wildman–Crippen MR) is 65.9 cm³/mol. The Bertz CT molecular complexity index is 347. The minimum atomic E-state index is 0.696. The van der Waals surface area contributed by atoms with E-state index in [0.717, 1.165) is 17.7 Å². The highest BCUT2D eigenvalue weighted by atomic mass is 16.5. The third kappa shape index (κ3) is 4.42. The molecule has 0 aliphatic carbocycles. The van der Waals surface area contributed by atoms with Crippen molar-refractivity contribution in [3.8, 4) is 17.6 Å². The number of hydrogen-bond acceptors (Lipinski definition) is 2. The lowest BCUT2D eigenvalue weighted by molar-refractivity contribution is 0.415. The van der Waals surface area contributed by atoms with E-state index in [9.17, 15) is 0 Å². The molecule has 0 amide bonds. The van der Waals surface area contributed by atoms with Crippen LogP contribution in [0.25, 0.3) is 0 Å². The molecule has 0 fully saturated rings. The molecule has 0 aliphatic rings. The van der Waals surface area contributed by atoms with Crippen LogP contribution >= 0.6 is 0 Å². The summed E-state index contributed by atoms with van der Waals surface area (Å²) in [4.78, 5) is 0. The number of benzene rings is 1. The molecule has 0 unspecified atom stereocenters. The van der Waals surface area contributed by atoms with Crippen molar-refractivity contribution in [3.05, 3.63) is 23.8 Å². The topological polar surface area (TPSA) is 35.2 Å². The third-order valence-corrected chi connectivity index (χ3v) is 1.66. The molecule has 0 radical (unpaired) electrons. The van der Waals surface area contributed by atoms with E-state index in [0.29, 0.717) is 5.69 Å². The molecular weight excluding hydrogens is 186 g/mol. The molecule has 0 spiro atoms. The van der Waals surface area contributed by atoms with Gasteiger partial charge in [0.2, 0.25) is 0 Å². The van der Waals surface area contributed by atoms with Crippen LogP contribution in [0.2, 0.25) is 0 Å². The van der Waals surface area contributed by atoms with Crippen LogP contribution in [0.15, 0.2) is 18.2 Å². The average molecular weight is 205 g/mol. The van der Waals surface area contributed by atoms with Crippen LogP contribution in [0, 0.1) is 11.8 Å². The molecule has 0 aliphatic heterocycles. The van der Waals surface area contributed by atoms with E-state index in [-0.39, 0.29) is 0 Å². The van der Waals surface area contributed by atoms with Gasteiger partial charge in [-0.15, -0.1) is 0 Å². The quantitative estimate of drug-likeness (QED) is 0.565. The van der Waals surface area contributed by atoms with Crippen molar-refractivity contribution in [1.29, 1.82) is 0 Å². The molecule has 2 heteroatoms. The van der Waals surface area contributed by atoms with Gasteiger partial charge in [-0.25, -0.2) is 0 Å². The molecule has 0 saturated carbocycles. The van der Waals surface area contributed by atoms with Gasteiger partial charge in [-0.2, -0.15) is 0 Å². The molecule has 15 heavy (non-hydrogen) atoms. The third-order valence-electron chi connectivity index (χ3n) is 1.66. The maximum absolute atomic E-state index is 5.73. The highest BCUT2D eigenvalue weighted by Gasteiger charge is 1.97. The van der Waals surface area contributed by atoms with E-state index in [1.165, 1.54) is 0 Å². The van der Waals surface area contributed by atoms with E-state index in [1.54, 1.807) is 13.2 Å². The van der Waals surface area contributed by atoms with Crippen LogP contribution in [0.4, 0.5) is 5.69 Å². The molecule has 82 valence electrons. The number of anilines is 1. The van der Waals surface area contributed by atoms with Crippen LogP contribution < -0.4 is 10.5 Å². The Labute approximate surface area is 92.4 Å². The van der Waals surface area contributed by atoms with Crippen molar-refractivity contribution >= 4 is 5.69 Å². The van der Waals surface area contributed by atoms with Gasteiger partial charge in [-0.1, -0.05) is 32.6 Å². The van der Waals surface area contributed by atoms with Crippen molar-refractivity contribution in [2.75, 3.05) is 12.8 Å². The maximum atomic E-state index is 5.73. The van der Waals surface area contributed by atoms with Crippen molar-refractivity contribution in [3.63, 3.8) is 0 Å². The number of hydrogen-bond donors (Lipinski definition) is 1. The molecule has 1 aromatic carbocycles. The molecular formula is C13H19NO. The van der Waals surface area contributed by atoms with Crippen molar-refractivity contribution in [1.82, 2.24) is 0 Å². The van der Waals surface area contributed by atoms with Gasteiger partial charge in [0.15, 0.2) is 0 Å². The summed E-state index contributed by atoms with van der Waals surface area (Å²) in [6.45, 7) is 6.00. The standard InChI is InChI=1S/C11H13NO.C2H6/c1-3-4-5-9-8-10(13-2)6-7-11(9)12;1-2/h6-8H,3,12H2,1-2H3;1-2H3. The molecule has 0 aromatic heterocycles. The zero-order chi connectivity index (χ0) is 11.7. The van der Waals surface area contributed by atoms with Crippen molar-refractivity contribution < 1.29 is 4.74 Å². The second-order valence-corrected chi connectivity index (χ2v) is 2.61. The number of rotatable bonds is 1. The smallest absolute Gasteiger partial charge is 0.120 e.